The molecule has 6 nitrogen and oxygen atoms in total. The lowest BCUT2D eigenvalue weighted by Crippen LogP contribution is -2.35. The van der Waals surface area contributed by atoms with Crippen molar-refractivity contribution in [3.05, 3.63) is 72.3 Å². The normalized spacial score (nSPS) is 10.5. The van der Waals surface area contributed by atoms with Crippen molar-refractivity contribution in [2.45, 2.75) is 33.1 Å². The summed E-state index contributed by atoms with van der Waals surface area (Å²) in [6.45, 7) is 5.30. The third-order valence-electron chi connectivity index (χ3n) is 5.01. The van der Waals surface area contributed by atoms with Gasteiger partial charge in [0.1, 0.15) is 11.6 Å². The molecule has 3 rings (SSSR count). The number of aliphatic carboxylic acids is 1. The van der Waals surface area contributed by atoms with E-state index >= 15 is 0 Å². The van der Waals surface area contributed by atoms with Gasteiger partial charge in [-0.15, -0.1) is 0 Å². The van der Waals surface area contributed by atoms with E-state index in [1.54, 1.807) is 0 Å². The summed E-state index contributed by atoms with van der Waals surface area (Å²) in [5, 5.41) is 12.8. The van der Waals surface area contributed by atoms with Gasteiger partial charge in [-0.05, 0) is 73.9 Å². The van der Waals surface area contributed by atoms with Crippen molar-refractivity contribution in [3.63, 3.8) is 0 Å². The Kier molecular flexibility index (Phi) is 8.78. The largest absolute Gasteiger partial charge is 0.493 e. The smallest absolute Gasteiger partial charge is 0.303 e. The second-order valence-electron chi connectivity index (χ2n) is 7.49. The van der Waals surface area contributed by atoms with Crippen LogP contribution in [0.25, 0.3) is 11.3 Å². The topological polar surface area (TPSA) is 74.7 Å². The summed E-state index contributed by atoms with van der Waals surface area (Å²) >= 11 is 5.65. The predicted molar refractivity (Wildman–Crippen MR) is 137 cm³/mol. The monoisotopic (exact) mass is 463 g/mol. The molecule has 3 aromatic rings. The molecule has 172 valence electrons. The van der Waals surface area contributed by atoms with Crippen molar-refractivity contribution < 1.29 is 14.6 Å². The summed E-state index contributed by atoms with van der Waals surface area (Å²) < 4.78 is 6.00. The molecule has 0 radical (unpaired) electrons. The number of rotatable bonds is 10. The van der Waals surface area contributed by atoms with E-state index in [4.69, 9.17) is 27.0 Å². The van der Waals surface area contributed by atoms with Crippen LogP contribution in [0.3, 0.4) is 0 Å². The number of carboxylic acid groups (broad SMARTS) is 1. The van der Waals surface area contributed by atoms with Gasteiger partial charge >= 0.3 is 5.97 Å². The van der Waals surface area contributed by atoms with Gasteiger partial charge in [0.05, 0.1) is 12.3 Å². The number of aromatic nitrogens is 1. The molecule has 0 spiro atoms. The zero-order valence-electron chi connectivity index (χ0n) is 19.0. The van der Waals surface area contributed by atoms with Gasteiger partial charge in [0.25, 0.3) is 0 Å². The molecule has 1 heterocycles. The molecule has 0 bridgehead atoms. The first-order chi connectivity index (χ1) is 16.0. The third kappa shape index (κ3) is 6.76. The first-order valence-electron chi connectivity index (χ1n) is 11.1. The number of nitrogens with one attached hydrogen (secondary N) is 1. The summed E-state index contributed by atoms with van der Waals surface area (Å²) in [6.07, 6.45) is 1.40. The summed E-state index contributed by atoms with van der Waals surface area (Å²) in [6, 6.07) is 21.4. The maximum Gasteiger partial charge on any atom is 0.303 e. The van der Waals surface area contributed by atoms with Crippen molar-refractivity contribution in [1.82, 2.24) is 4.98 Å². The first kappa shape index (κ1) is 24.2. The molecule has 0 saturated heterocycles. The number of nitrogens with zero attached hydrogens (tertiary/aromatic N) is 2. The van der Waals surface area contributed by atoms with Crippen LogP contribution in [0, 0.1) is 0 Å². The number of carbonyl (C=O) groups is 1. The van der Waals surface area contributed by atoms with Gasteiger partial charge in [0.15, 0.2) is 5.11 Å². The fourth-order valence-corrected chi connectivity index (χ4v) is 3.70. The van der Waals surface area contributed by atoms with Gasteiger partial charge in [0.2, 0.25) is 0 Å². The highest BCUT2D eigenvalue weighted by atomic mass is 32.1. The molecular formula is C26H29N3O3S. The SMILES string of the molecule is CCCOc1cc(CCC(=O)O)ccc1-c1cccc(N(CC)C(=S)Nc2ccccc2)n1. The van der Waals surface area contributed by atoms with Crippen molar-refractivity contribution in [2.24, 2.45) is 0 Å². The molecule has 2 N–H and O–H groups in total. The number of carboxylic acids is 1. The van der Waals surface area contributed by atoms with Crippen LogP contribution in [0.1, 0.15) is 32.3 Å². The lowest BCUT2D eigenvalue weighted by Gasteiger charge is -2.24. The maximum absolute atomic E-state index is 11.0. The summed E-state index contributed by atoms with van der Waals surface area (Å²) in [4.78, 5) is 17.8. The van der Waals surface area contributed by atoms with Gasteiger partial charge in [-0.3, -0.25) is 4.79 Å². The molecule has 0 aliphatic heterocycles. The van der Waals surface area contributed by atoms with Gasteiger partial charge in [0, 0.05) is 24.2 Å². The van der Waals surface area contributed by atoms with Crippen LogP contribution >= 0.6 is 12.2 Å². The van der Waals surface area contributed by atoms with Gasteiger partial charge in [-0.1, -0.05) is 37.3 Å². The zero-order valence-corrected chi connectivity index (χ0v) is 19.8. The Labute approximate surface area is 200 Å². The van der Waals surface area contributed by atoms with E-state index in [0.717, 1.165) is 34.7 Å². The van der Waals surface area contributed by atoms with Gasteiger partial charge < -0.3 is 20.1 Å². The van der Waals surface area contributed by atoms with E-state index in [2.05, 4.69) is 5.32 Å². The summed E-state index contributed by atoms with van der Waals surface area (Å²) in [5.74, 6) is 0.626. The third-order valence-corrected chi connectivity index (χ3v) is 5.33. The molecule has 0 fully saturated rings. The van der Waals surface area contributed by atoms with E-state index in [-0.39, 0.29) is 6.42 Å². The quantitative estimate of drug-likeness (QED) is 0.369. The Morgan fingerprint density at radius 2 is 1.88 bits per heavy atom. The second kappa shape index (κ2) is 12.0. The van der Waals surface area contributed by atoms with Crippen molar-refractivity contribution >= 4 is 34.8 Å². The highest BCUT2D eigenvalue weighted by molar-refractivity contribution is 7.80. The molecular weight excluding hydrogens is 434 g/mol. The van der Waals surface area contributed by atoms with Crippen LogP contribution in [0.2, 0.25) is 0 Å². The molecule has 1 aromatic heterocycles. The van der Waals surface area contributed by atoms with E-state index in [1.165, 1.54) is 0 Å². The van der Waals surface area contributed by atoms with E-state index in [0.29, 0.717) is 30.4 Å². The molecule has 0 aliphatic carbocycles. The number of thiocarbonyl (C=S) groups is 1. The Morgan fingerprint density at radius 1 is 1.09 bits per heavy atom. The van der Waals surface area contributed by atoms with Crippen LogP contribution in [-0.2, 0) is 11.2 Å². The fourth-order valence-electron chi connectivity index (χ4n) is 3.36. The highest BCUT2D eigenvalue weighted by Gasteiger charge is 2.15. The fraction of sp³-hybridized carbons (Fsp3) is 0.269. The molecule has 0 saturated carbocycles. The second-order valence-corrected chi connectivity index (χ2v) is 7.88. The predicted octanol–water partition coefficient (Wildman–Crippen LogP) is 5.78. The Hall–Kier alpha value is -3.45. The highest BCUT2D eigenvalue weighted by Crippen LogP contribution is 2.32. The number of anilines is 2. The lowest BCUT2D eigenvalue weighted by molar-refractivity contribution is -0.136. The Balaban J connectivity index is 1.89. The zero-order chi connectivity index (χ0) is 23.6. The summed E-state index contributed by atoms with van der Waals surface area (Å²) in [7, 11) is 0. The molecule has 33 heavy (non-hydrogen) atoms. The number of ether oxygens (including phenoxy) is 1. The summed E-state index contributed by atoms with van der Waals surface area (Å²) in [5.41, 5.74) is 3.47. The standard InChI is InChI=1S/C26H29N3O3S/c1-3-17-32-23-18-19(14-16-25(30)31)13-15-21(23)22-11-8-12-24(28-22)29(4-2)26(33)27-20-9-6-5-7-10-20/h5-13,15,18H,3-4,14,16-17H2,1-2H3,(H,27,33)(H,30,31). The molecule has 0 atom stereocenters. The van der Waals surface area contributed by atoms with E-state index in [1.807, 2.05) is 85.5 Å². The number of hydrogen-bond donors (Lipinski definition) is 2. The first-order valence-corrected chi connectivity index (χ1v) is 11.5. The minimum absolute atomic E-state index is 0.0810. The Bertz CT molecular complexity index is 1090. The number of benzene rings is 2. The van der Waals surface area contributed by atoms with Crippen molar-refractivity contribution in [3.8, 4) is 17.0 Å². The van der Waals surface area contributed by atoms with Crippen LogP contribution in [0.4, 0.5) is 11.5 Å². The van der Waals surface area contributed by atoms with Gasteiger partial charge in [-0.2, -0.15) is 0 Å². The van der Waals surface area contributed by atoms with Crippen molar-refractivity contribution in [1.29, 1.82) is 0 Å². The average Bonchev–Trinajstić information content (AvgIpc) is 2.82. The van der Waals surface area contributed by atoms with Gasteiger partial charge in [-0.25, -0.2) is 4.98 Å². The molecule has 0 unspecified atom stereocenters. The number of para-hydroxylation sites is 1. The van der Waals surface area contributed by atoms with Crippen LogP contribution < -0.4 is 15.0 Å². The molecule has 2 aromatic carbocycles. The Morgan fingerprint density at radius 3 is 2.58 bits per heavy atom. The minimum atomic E-state index is -0.816. The van der Waals surface area contributed by atoms with E-state index < -0.39 is 5.97 Å². The molecule has 7 heteroatoms. The van der Waals surface area contributed by atoms with Crippen LogP contribution in [-0.4, -0.2) is 34.3 Å². The van der Waals surface area contributed by atoms with Crippen LogP contribution in [0.5, 0.6) is 5.75 Å². The molecule has 0 aliphatic rings. The van der Waals surface area contributed by atoms with E-state index in [9.17, 15) is 4.79 Å². The minimum Gasteiger partial charge on any atom is -0.493 e. The lowest BCUT2D eigenvalue weighted by atomic mass is 10.0. The average molecular weight is 464 g/mol. The number of pyridine rings is 1. The molecule has 0 amide bonds. The number of aryl methyl sites for hydroxylation is 1. The number of hydrogen-bond acceptors (Lipinski definition) is 4. The van der Waals surface area contributed by atoms with Crippen molar-refractivity contribution in [2.75, 3.05) is 23.4 Å². The maximum atomic E-state index is 11.0. The van der Waals surface area contributed by atoms with Crippen LogP contribution in [0.15, 0.2) is 66.7 Å².